The van der Waals surface area contributed by atoms with Gasteiger partial charge in [0.15, 0.2) is 0 Å². The fraction of sp³-hybridized carbons (Fsp3) is 0. The van der Waals surface area contributed by atoms with E-state index in [2.05, 4.69) is 0 Å². The molecule has 0 aromatic rings. The monoisotopic (exact) mass is 492 g/mol. The van der Waals surface area contributed by atoms with Crippen LogP contribution >= 0.6 is 0 Å². The average molecular weight is 486 g/mol. The van der Waals surface area contributed by atoms with Gasteiger partial charge < -0.3 is 0 Å². The SMILES string of the molecule is [GeH3-].[GeH3-].[GeH3-].[GeH3-].[W+4]. The van der Waals surface area contributed by atoms with Crippen LogP contribution < -0.4 is 0 Å². The van der Waals surface area contributed by atoms with E-state index in [4.69, 9.17) is 0 Å². The van der Waals surface area contributed by atoms with E-state index in [1.54, 1.807) is 0 Å². The summed E-state index contributed by atoms with van der Waals surface area (Å²) in [4.78, 5) is 0. The van der Waals surface area contributed by atoms with Crippen LogP contribution in [0.3, 0.4) is 0 Å². The molecule has 0 bridgehead atoms. The van der Waals surface area contributed by atoms with Gasteiger partial charge in [-0.3, -0.25) is 0 Å². The third-order valence-corrected chi connectivity index (χ3v) is 0. The fourth-order valence-electron chi connectivity index (χ4n) is 0. The summed E-state index contributed by atoms with van der Waals surface area (Å²) >= 11 is 0. The van der Waals surface area contributed by atoms with Crippen molar-refractivity contribution in [3.8, 4) is 0 Å². The topological polar surface area (TPSA) is 0 Å². The van der Waals surface area contributed by atoms with Crippen LogP contribution in [-0.4, -0.2) is 70.4 Å². The summed E-state index contributed by atoms with van der Waals surface area (Å²) in [6.45, 7) is 0. The summed E-state index contributed by atoms with van der Waals surface area (Å²) in [5, 5.41) is 0. The maximum absolute atomic E-state index is 0. The van der Waals surface area contributed by atoms with Crippen LogP contribution in [0.15, 0.2) is 0 Å². The number of hydrogen-bond donors (Lipinski definition) is 0. The Kier molecular flexibility index (Phi) is 261. The van der Waals surface area contributed by atoms with Gasteiger partial charge in [0.1, 0.15) is 0 Å². The van der Waals surface area contributed by atoms with Crippen LogP contribution in [-0.2, 0) is 21.1 Å². The van der Waals surface area contributed by atoms with Gasteiger partial charge in [0.25, 0.3) is 0 Å². The van der Waals surface area contributed by atoms with Gasteiger partial charge in [-0.1, -0.05) is 0 Å². The molecule has 0 N–H and O–H groups in total. The molecule has 0 heterocycles. The predicted molar refractivity (Wildman–Crippen MR) is 39.8 cm³/mol. The fourth-order valence-corrected chi connectivity index (χ4v) is 0. The first kappa shape index (κ1) is 45.2. The molecular formula is H12Ge4W. The summed E-state index contributed by atoms with van der Waals surface area (Å²) < 4.78 is 0. The minimum Gasteiger partial charge on any atom is 4.00 e. The van der Waals surface area contributed by atoms with Crippen LogP contribution in [0.25, 0.3) is 0 Å². The van der Waals surface area contributed by atoms with E-state index in [1.165, 1.54) is 0 Å². The van der Waals surface area contributed by atoms with E-state index in [0.29, 0.717) is 0 Å². The summed E-state index contributed by atoms with van der Waals surface area (Å²) in [5.41, 5.74) is 0. The van der Waals surface area contributed by atoms with E-state index in [0.717, 1.165) is 0 Å². The molecule has 0 saturated heterocycles. The molecule has 34 valence electrons. The summed E-state index contributed by atoms with van der Waals surface area (Å²) in [6, 6.07) is 0. The Bertz CT molecular complexity index is 3.61. The second-order valence-corrected chi connectivity index (χ2v) is 0. The Morgan fingerprint density at radius 3 is 0.400 bits per heavy atom. The number of hydrogen-bond acceptors (Lipinski definition) is 0. The van der Waals surface area contributed by atoms with Crippen molar-refractivity contribution in [3.05, 3.63) is 0 Å². The second kappa shape index (κ2) is 28.8. The van der Waals surface area contributed by atoms with Crippen molar-refractivity contribution in [1.82, 2.24) is 0 Å². The first-order valence-corrected chi connectivity index (χ1v) is 0. The molecule has 0 unspecified atom stereocenters. The largest absolute Gasteiger partial charge is 4.00 e. The first-order valence-electron chi connectivity index (χ1n) is 0. The smallest absolute Gasteiger partial charge is 4.00 e. The zero-order valence-electron chi connectivity index (χ0n) is 4.41. The number of rotatable bonds is 0. The van der Waals surface area contributed by atoms with Gasteiger partial charge in [0, 0.05) is 0 Å². The Morgan fingerprint density at radius 2 is 0.400 bits per heavy atom. The second-order valence-electron chi connectivity index (χ2n) is 0. The van der Waals surface area contributed by atoms with Crippen molar-refractivity contribution in [1.29, 1.82) is 0 Å². The van der Waals surface area contributed by atoms with Crippen LogP contribution in [0.1, 0.15) is 0 Å². The molecule has 0 atom stereocenters. The maximum atomic E-state index is 0. The van der Waals surface area contributed by atoms with Gasteiger partial charge in [-0.05, 0) is 0 Å². The molecule has 5 heavy (non-hydrogen) atoms. The zero-order valence-corrected chi connectivity index (χ0v) is 24.1. The van der Waals surface area contributed by atoms with E-state index in [-0.39, 0.29) is 91.5 Å². The third kappa shape index (κ3) is 19.8. The molecule has 0 spiro atoms. The van der Waals surface area contributed by atoms with E-state index >= 15 is 0 Å². The quantitative estimate of drug-likeness (QED) is 0.302. The van der Waals surface area contributed by atoms with Gasteiger partial charge in [-0.2, -0.15) is 0 Å². The maximum Gasteiger partial charge on any atom is 4.00 e. The van der Waals surface area contributed by atoms with Crippen molar-refractivity contribution in [2.75, 3.05) is 0 Å². The standard InChI is InChI=1S/4GeH3.W/h4*1H3;/q4*-1;+4. The van der Waals surface area contributed by atoms with E-state index in [9.17, 15) is 0 Å². The normalized spacial score (nSPS) is 0. The minimum absolute atomic E-state index is 0. The Labute approximate surface area is 90.1 Å². The van der Waals surface area contributed by atoms with E-state index in [1.807, 2.05) is 0 Å². The van der Waals surface area contributed by atoms with Gasteiger partial charge in [-0.15, -0.1) is 0 Å². The van der Waals surface area contributed by atoms with Crippen LogP contribution in [0, 0.1) is 0 Å². The molecule has 0 radical (unpaired) electrons. The van der Waals surface area contributed by atoms with Gasteiger partial charge in [0.05, 0.1) is 0 Å². The van der Waals surface area contributed by atoms with Crippen molar-refractivity contribution >= 4 is 70.4 Å². The summed E-state index contributed by atoms with van der Waals surface area (Å²) in [7, 11) is 0. The molecule has 0 rings (SSSR count). The molecule has 0 aliphatic carbocycles. The molecule has 0 saturated carbocycles. The molecule has 5 heteroatoms. The Hall–Kier alpha value is 2.86. The Balaban J connectivity index is 0. The Morgan fingerprint density at radius 1 is 0.400 bits per heavy atom. The van der Waals surface area contributed by atoms with Crippen molar-refractivity contribution in [3.63, 3.8) is 0 Å². The predicted octanol–water partition coefficient (Wildman–Crippen LogP) is -4.74. The summed E-state index contributed by atoms with van der Waals surface area (Å²) in [6.07, 6.45) is 0. The molecular weight excluding hydrogens is 474 g/mol. The van der Waals surface area contributed by atoms with Crippen molar-refractivity contribution in [2.24, 2.45) is 0 Å². The summed E-state index contributed by atoms with van der Waals surface area (Å²) in [5.74, 6) is 0. The molecule has 0 nitrogen and oxygen atoms in total. The first-order chi connectivity index (χ1) is 0. The van der Waals surface area contributed by atoms with Gasteiger partial charge >= 0.3 is 91.5 Å². The molecule has 0 aliphatic rings. The van der Waals surface area contributed by atoms with Crippen molar-refractivity contribution in [2.45, 2.75) is 0 Å². The van der Waals surface area contributed by atoms with Crippen LogP contribution in [0.4, 0.5) is 0 Å². The van der Waals surface area contributed by atoms with Crippen molar-refractivity contribution < 1.29 is 21.1 Å². The molecule has 0 amide bonds. The molecule has 0 aromatic carbocycles. The molecule has 0 aromatic heterocycles. The third-order valence-electron chi connectivity index (χ3n) is 0. The van der Waals surface area contributed by atoms with Gasteiger partial charge in [0.2, 0.25) is 0 Å². The van der Waals surface area contributed by atoms with Gasteiger partial charge in [-0.25, -0.2) is 0 Å². The van der Waals surface area contributed by atoms with E-state index < -0.39 is 0 Å². The minimum atomic E-state index is 0. The molecule has 0 fully saturated rings. The molecule has 0 aliphatic heterocycles. The average Bonchev–Trinajstić information content (AvgIpc) is 0. The zero-order chi connectivity index (χ0) is 0. The van der Waals surface area contributed by atoms with Crippen LogP contribution in [0.5, 0.6) is 0 Å². The van der Waals surface area contributed by atoms with Crippen LogP contribution in [0.2, 0.25) is 0 Å².